The summed E-state index contributed by atoms with van der Waals surface area (Å²) in [6, 6.07) is 0.181. The number of carboxylic acids is 1. The third kappa shape index (κ3) is 7.82. The van der Waals surface area contributed by atoms with Gasteiger partial charge in [0.2, 0.25) is 5.91 Å². The lowest BCUT2D eigenvalue weighted by Crippen LogP contribution is -2.44. The molecule has 0 aliphatic rings. The van der Waals surface area contributed by atoms with Gasteiger partial charge in [0.1, 0.15) is 0 Å². The topological polar surface area (TPSA) is 60.9 Å². The minimum Gasteiger partial charge on any atom is -0.480 e. The van der Waals surface area contributed by atoms with E-state index in [0.717, 1.165) is 12.8 Å². The fraction of sp³-hybridized carbons (Fsp3) is 0.857. The van der Waals surface area contributed by atoms with Gasteiger partial charge in [-0.3, -0.25) is 14.5 Å². The van der Waals surface area contributed by atoms with E-state index >= 15 is 0 Å². The standard InChI is InChI=1S/C14H28N2O3/c1-6-7-16(10-14(18)19)9-13(17)15(5)12(4)8-11(2)3/h11-12H,6-10H2,1-5H3,(H,18,19). The molecule has 0 rings (SSSR count). The van der Waals surface area contributed by atoms with E-state index in [0.29, 0.717) is 12.5 Å². The maximum Gasteiger partial charge on any atom is 0.317 e. The molecule has 0 aromatic rings. The van der Waals surface area contributed by atoms with Crippen LogP contribution < -0.4 is 0 Å². The molecule has 0 aromatic heterocycles. The van der Waals surface area contributed by atoms with Crippen molar-refractivity contribution in [3.05, 3.63) is 0 Å². The zero-order valence-electron chi connectivity index (χ0n) is 12.8. The van der Waals surface area contributed by atoms with Gasteiger partial charge in [-0.1, -0.05) is 20.8 Å². The van der Waals surface area contributed by atoms with Crippen molar-refractivity contribution in [2.45, 2.75) is 46.6 Å². The van der Waals surface area contributed by atoms with Crippen LogP contribution in [0.2, 0.25) is 0 Å². The van der Waals surface area contributed by atoms with Crippen molar-refractivity contribution < 1.29 is 14.7 Å². The number of carbonyl (C=O) groups is 2. The fourth-order valence-corrected chi connectivity index (χ4v) is 2.11. The first-order valence-electron chi connectivity index (χ1n) is 6.97. The summed E-state index contributed by atoms with van der Waals surface area (Å²) in [6.07, 6.45) is 1.79. The van der Waals surface area contributed by atoms with E-state index in [9.17, 15) is 9.59 Å². The van der Waals surface area contributed by atoms with Crippen LogP contribution in [0.4, 0.5) is 0 Å². The minimum absolute atomic E-state index is 0.0112. The van der Waals surface area contributed by atoms with E-state index in [-0.39, 0.29) is 25.0 Å². The molecule has 0 saturated carbocycles. The van der Waals surface area contributed by atoms with Gasteiger partial charge in [0, 0.05) is 13.1 Å². The first-order chi connectivity index (χ1) is 8.77. The molecule has 1 atom stereocenters. The summed E-state index contributed by atoms with van der Waals surface area (Å²) in [7, 11) is 1.79. The smallest absolute Gasteiger partial charge is 0.317 e. The second-order valence-corrected chi connectivity index (χ2v) is 5.59. The van der Waals surface area contributed by atoms with Crippen LogP contribution in [0.5, 0.6) is 0 Å². The van der Waals surface area contributed by atoms with Crippen LogP contribution in [-0.4, -0.2) is 59.5 Å². The van der Waals surface area contributed by atoms with Gasteiger partial charge < -0.3 is 10.0 Å². The predicted molar refractivity (Wildman–Crippen MR) is 76.1 cm³/mol. The van der Waals surface area contributed by atoms with Crippen LogP contribution >= 0.6 is 0 Å². The molecule has 0 radical (unpaired) electrons. The lowest BCUT2D eigenvalue weighted by molar-refractivity contribution is -0.139. The van der Waals surface area contributed by atoms with Crippen molar-refractivity contribution in [2.75, 3.05) is 26.7 Å². The Kier molecular flexibility index (Phi) is 8.39. The van der Waals surface area contributed by atoms with E-state index < -0.39 is 5.97 Å². The van der Waals surface area contributed by atoms with Crippen LogP contribution in [0.3, 0.4) is 0 Å². The number of amides is 1. The van der Waals surface area contributed by atoms with Crippen molar-refractivity contribution in [3.63, 3.8) is 0 Å². The van der Waals surface area contributed by atoms with E-state index in [1.54, 1.807) is 16.8 Å². The molecule has 0 spiro atoms. The molecule has 19 heavy (non-hydrogen) atoms. The molecule has 1 N–H and O–H groups in total. The van der Waals surface area contributed by atoms with Crippen molar-refractivity contribution in [2.24, 2.45) is 5.92 Å². The summed E-state index contributed by atoms with van der Waals surface area (Å²) in [5.74, 6) is -0.363. The Labute approximate surface area is 116 Å². The third-order valence-electron chi connectivity index (χ3n) is 3.12. The first kappa shape index (κ1) is 17.9. The zero-order valence-corrected chi connectivity index (χ0v) is 12.8. The Morgan fingerprint density at radius 2 is 1.74 bits per heavy atom. The highest BCUT2D eigenvalue weighted by molar-refractivity contribution is 5.79. The van der Waals surface area contributed by atoms with Crippen molar-refractivity contribution in [3.8, 4) is 0 Å². The Balaban J connectivity index is 4.40. The molecule has 0 fully saturated rings. The van der Waals surface area contributed by atoms with Crippen LogP contribution in [0, 0.1) is 5.92 Å². The number of likely N-dealkylation sites (N-methyl/N-ethyl adjacent to an activating group) is 1. The summed E-state index contributed by atoms with van der Waals surface area (Å²) in [5, 5.41) is 8.82. The number of nitrogens with zero attached hydrogens (tertiary/aromatic N) is 2. The lowest BCUT2D eigenvalue weighted by Gasteiger charge is -2.29. The largest absolute Gasteiger partial charge is 0.480 e. The van der Waals surface area contributed by atoms with E-state index in [2.05, 4.69) is 13.8 Å². The van der Waals surface area contributed by atoms with Gasteiger partial charge in [-0.05, 0) is 32.2 Å². The van der Waals surface area contributed by atoms with Crippen LogP contribution in [0.15, 0.2) is 0 Å². The average Bonchev–Trinajstić information content (AvgIpc) is 2.26. The van der Waals surface area contributed by atoms with Crippen LogP contribution in [0.1, 0.15) is 40.5 Å². The maximum absolute atomic E-state index is 12.1. The summed E-state index contributed by atoms with van der Waals surface area (Å²) in [4.78, 5) is 26.3. The number of rotatable bonds is 9. The fourth-order valence-electron chi connectivity index (χ4n) is 2.11. The van der Waals surface area contributed by atoms with Gasteiger partial charge in [0.05, 0.1) is 13.1 Å². The number of carboxylic acid groups (broad SMARTS) is 1. The van der Waals surface area contributed by atoms with E-state index in [1.807, 2.05) is 13.8 Å². The maximum atomic E-state index is 12.1. The molecule has 0 bridgehead atoms. The van der Waals surface area contributed by atoms with Crippen molar-refractivity contribution in [1.29, 1.82) is 0 Å². The lowest BCUT2D eigenvalue weighted by atomic mass is 10.0. The molecule has 0 aliphatic heterocycles. The highest BCUT2D eigenvalue weighted by Gasteiger charge is 2.20. The minimum atomic E-state index is -0.890. The third-order valence-corrected chi connectivity index (χ3v) is 3.12. The number of hydrogen-bond acceptors (Lipinski definition) is 3. The molecule has 1 unspecified atom stereocenters. The molecule has 5 heteroatoms. The van der Waals surface area contributed by atoms with Gasteiger partial charge >= 0.3 is 5.97 Å². The second kappa shape index (κ2) is 8.91. The molecule has 112 valence electrons. The molecular weight excluding hydrogens is 244 g/mol. The van der Waals surface area contributed by atoms with Crippen molar-refractivity contribution >= 4 is 11.9 Å². The molecule has 0 heterocycles. The van der Waals surface area contributed by atoms with Gasteiger partial charge in [-0.2, -0.15) is 0 Å². The van der Waals surface area contributed by atoms with Crippen LogP contribution in [-0.2, 0) is 9.59 Å². The first-order valence-corrected chi connectivity index (χ1v) is 6.97. The Morgan fingerprint density at radius 3 is 2.16 bits per heavy atom. The molecule has 0 aliphatic carbocycles. The normalized spacial score (nSPS) is 12.8. The Hall–Kier alpha value is -1.10. The van der Waals surface area contributed by atoms with E-state index in [1.165, 1.54) is 0 Å². The predicted octanol–water partition coefficient (Wildman–Crippen LogP) is 1.68. The van der Waals surface area contributed by atoms with Crippen LogP contribution in [0.25, 0.3) is 0 Å². The Morgan fingerprint density at radius 1 is 1.16 bits per heavy atom. The molecular formula is C14H28N2O3. The highest BCUT2D eigenvalue weighted by atomic mass is 16.4. The monoisotopic (exact) mass is 272 g/mol. The highest BCUT2D eigenvalue weighted by Crippen LogP contribution is 2.10. The van der Waals surface area contributed by atoms with Gasteiger partial charge in [0.25, 0.3) is 0 Å². The molecule has 0 aromatic carbocycles. The SMILES string of the molecule is CCCN(CC(=O)O)CC(=O)N(C)C(C)CC(C)C. The van der Waals surface area contributed by atoms with E-state index in [4.69, 9.17) is 5.11 Å². The number of carbonyl (C=O) groups excluding carboxylic acids is 1. The second-order valence-electron chi connectivity index (χ2n) is 5.59. The summed E-state index contributed by atoms with van der Waals surface area (Å²) in [5.41, 5.74) is 0. The average molecular weight is 272 g/mol. The van der Waals surface area contributed by atoms with Gasteiger partial charge in [-0.25, -0.2) is 0 Å². The Bertz CT molecular complexity index is 292. The number of hydrogen-bond donors (Lipinski definition) is 1. The quantitative estimate of drug-likeness (QED) is 0.693. The van der Waals surface area contributed by atoms with Gasteiger partial charge in [-0.15, -0.1) is 0 Å². The summed E-state index contributed by atoms with van der Waals surface area (Å²) < 4.78 is 0. The number of aliphatic carboxylic acids is 1. The zero-order chi connectivity index (χ0) is 15.0. The molecule has 5 nitrogen and oxygen atoms in total. The summed E-state index contributed by atoms with van der Waals surface area (Å²) >= 11 is 0. The van der Waals surface area contributed by atoms with Crippen molar-refractivity contribution in [1.82, 2.24) is 9.80 Å². The molecule has 0 saturated heterocycles. The summed E-state index contributed by atoms with van der Waals surface area (Å²) in [6.45, 7) is 8.99. The molecule has 1 amide bonds. The van der Waals surface area contributed by atoms with Gasteiger partial charge in [0.15, 0.2) is 0 Å².